The molecule has 0 radical (unpaired) electrons. The van der Waals surface area contributed by atoms with Crippen molar-refractivity contribution in [2.24, 2.45) is 11.8 Å². The molecule has 19 heavy (non-hydrogen) atoms. The maximum Gasteiger partial charge on any atom is 0.0637 e. The lowest BCUT2D eigenvalue weighted by Crippen LogP contribution is -2.30. The molecule has 0 amide bonds. The number of hydrogen-bond acceptors (Lipinski definition) is 1. The average Bonchev–Trinajstić information content (AvgIpc) is 2.90. The number of aryl methyl sites for hydroxylation is 1. The zero-order chi connectivity index (χ0) is 13.2. The van der Waals surface area contributed by atoms with Gasteiger partial charge in [0.15, 0.2) is 0 Å². The minimum Gasteiger partial charge on any atom is -0.392 e. The molecule has 2 aliphatic rings. The predicted molar refractivity (Wildman–Crippen MR) is 79.2 cm³/mol. The van der Waals surface area contributed by atoms with Gasteiger partial charge in [-0.15, -0.1) is 0 Å². The van der Waals surface area contributed by atoms with Crippen LogP contribution in [0.4, 0.5) is 0 Å². The molecular formula is C18H26O. The normalized spacial score (nSPS) is 32.0. The molecule has 0 heterocycles. The second-order valence-electron chi connectivity index (χ2n) is 6.52. The second kappa shape index (κ2) is 5.66. The van der Waals surface area contributed by atoms with Crippen molar-refractivity contribution >= 4 is 0 Å². The van der Waals surface area contributed by atoms with Gasteiger partial charge in [-0.2, -0.15) is 0 Å². The number of benzene rings is 1. The summed E-state index contributed by atoms with van der Waals surface area (Å²) < 4.78 is 0. The molecule has 1 N–H and O–H groups in total. The van der Waals surface area contributed by atoms with E-state index in [0.717, 1.165) is 18.8 Å². The first-order valence-electron chi connectivity index (χ1n) is 8.05. The van der Waals surface area contributed by atoms with Gasteiger partial charge < -0.3 is 5.11 Å². The topological polar surface area (TPSA) is 20.2 Å². The van der Waals surface area contributed by atoms with E-state index in [1.807, 2.05) is 0 Å². The molecule has 0 aromatic heterocycles. The van der Waals surface area contributed by atoms with Crippen molar-refractivity contribution in [1.82, 2.24) is 0 Å². The van der Waals surface area contributed by atoms with E-state index in [0.29, 0.717) is 11.8 Å². The van der Waals surface area contributed by atoms with E-state index in [-0.39, 0.29) is 6.10 Å². The zero-order valence-corrected chi connectivity index (χ0v) is 12.0. The second-order valence-corrected chi connectivity index (χ2v) is 6.52. The van der Waals surface area contributed by atoms with Crippen molar-refractivity contribution in [3.8, 4) is 0 Å². The molecule has 2 unspecified atom stereocenters. The molecule has 1 aromatic carbocycles. The summed E-state index contributed by atoms with van der Waals surface area (Å²) in [7, 11) is 0. The van der Waals surface area contributed by atoms with Crippen molar-refractivity contribution in [3.05, 3.63) is 35.4 Å². The fourth-order valence-corrected chi connectivity index (χ4v) is 4.21. The number of aliphatic hydroxyl groups excluding tert-OH is 1. The summed E-state index contributed by atoms with van der Waals surface area (Å²) in [5, 5.41) is 10.8. The highest BCUT2D eigenvalue weighted by molar-refractivity contribution is 5.35. The highest BCUT2D eigenvalue weighted by Crippen LogP contribution is 2.42. The summed E-state index contributed by atoms with van der Waals surface area (Å²) in [5.74, 6) is 1.86. The van der Waals surface area contributed by atoms with Crippen LogP contribution in [0.5, 0.6) is 0 Å². The van der Waals surface area contributed by atoms with Gasteiger partial charge in [-0.05, 0) is 48.6 Å². The lowest BCUT2D eigenvalue weighted by atomic mass is 9.74. The molecule has 104 valence electrons. The molecule has 1 fully saturated rings. The van der Waals surface area contributed by atoms with Gasteiger partial charge in [0.1, 0.15) is 0 Å². The highest BCUT2D eigenvalue weighted by atomic mass is 16.3. The predicted octanol–water partition coefficient (Wildman–Crippen LogP) is 4.29. The summed E-state index contributed by atoms with van der Waals surface area (Å²) in [6, 6.07) is 8.71. The van der Waals surface area contributed by atoms with E-state index in [9.17, 15) is 5.11 Å². The highest BCUT2D eigenvalue weighted by Gasteiger charge is 2.34. The van der Waals surface area contributed by atoms with E-state index in [1.54, 1.807) is 0 Å². The molecule has 3 rings (SSSR count). The quantitative estimate of drug-likeness (QED) is 0.857. The van der Waals surface area contributed by atoms with Crippen LogP contribution >= 0.6 is 0 Å². The smallest absolute Gasteiger partial charge is 0.0637 e. The monoisotopic (exact) mass is 258 g/mol. The molecular weight excluding hydrogens is 232 g/mol. The van der Waals surface area contributed by atoms with E-state index in [1.165, 1.54) is 43.2 Å². The molecule has 0 aliphatic heterocycles. The van der Waals surface area contributed by atoms with Gasteiger partial charge in [0.25, 0.3) is 0 Å². The van der Waals surface area contributed by atoms with E-state index in [2.05, 4.69) is 31.2 Å². The Morgan fingerprint density at radius 3 is 2.58 bits per heavy atom. The Hall–Kier alpha value is -0.820. The van der Waals surface area contributed by atoms with E-state index >= 15 is 0 Å². The van der Waals surface area contributed by atoms with Crippen LogP contribution in [0.2, 0.25) is 0 Å². The lowest BCUT2D eigenvalue weighted by molar-refractivity contribution is 0.0510. The summed E-state index contributed by atoms with van der Waals surface area (Å²) in [6.45, 7) is 2.30. The van der Waals surface area contributed by atoms with Crippen LogP contribution in [0.15, 0.2) is 24.3 Å². The van der Waals surface area contributed by atoms with Crippen LogP contribution in [-0.4, -0.2) is 11.2 Å². The Morgan fingerprint density at radius 2 is 1.84 bits per heavy atom. The van der Waals surface area contributed by atoms with Gasteiger partial charge >= 0.3 is 0 Å². The fourth-order valence-electron chi connectivity index (χ4n) is 4.21. The minimum absolute atomic E-state index is 0.110. The summed E-state index contributed by atoms with van der Waals surface area (Å²) in [6.07, 6.45) is 8.63. The number of aliphatic hydroxyl groups is 1. The van der Waals surface area contributed by atoms with Gasteiger partial charge in [0.2, 0.25) is 0 Å². The molecule has 2 atom stereocenters. The van der Waals surface area contributed by atoms with Crippen molar-refractivity contribution in [1.29, 1.82) is 0 Å². The van der Waals surface area contributed by atoms with Gasteiger partial charge in [0, 0.05) is 5.92 Å². The molecule has 1 heteroatoms. The Bertz CT molecular complexity index is 417. The molecule has 0 bridgehead atoms. The number of fused-ring (bicyclic) bond motifs is 1. The third kappa shape index (κ3) is 2.58. The van der Waals surface area contributed by atoms with Gasteiger partial charge in [-0.3, -0.25) is 0 Å². The fraction of sp³-hybridized carbons (Fsp3) is 0.667. The molecule has 2 aliphatic carbocycles. The molecule has 0 spiro atoms. The van der Waals surface area contributed by atoms with Crippen LogP contribution in [0.3, 0.4) is 0 Å². The lowest BCUT2D eigenvalue weighted by Gasteiger charge is -2.34. The number of rotatable bonds is 3. The van der Waals surface area contributed by atoms with E-state index < -0.39 is 0 Å². The van der Waals surface area contributed by atoms with Gasteiger partial charge in [-0.25, -0.2) is 0 Å². The van der Waals surface area contributed by atoms with Crippen LogP contribution in [-0.2, 0) is 6.42 Å². The van der Waals surface area contributed by atoms with E-state index in [4.69, 9.17) is 0 Å². The summed E-state index contributed by atoms with van der Waals surface area (Å²) in [5.41, 5.74) is 2.89. The Labute approximate surface area is 117 Å². The number of hydrogen-bond donors (Lipinski definition) is 1. The molecule has 1 aromatic rings. The molecule has 0 saturated heterocycles. The Morgan fingerprint density at radius 1 is 1.11 bits per heavy atom. The Kier molecular flexibility index (Phi) is 3.93. The standard InChI is InChI=1S/C18H26O/c1-2-13-7-9-15(10-8-13)18(19)17-12-11-14-5-3-4-6-16(14)17/h3-6,13,15,17-19H,2,7-12H2,1H3. The Balaban J connectivity index is 1.67. The maximum absolute atomic E-state index is 10.8. The van der Waals surface area contributed by atoms with Crippen LogP contribution in [0.25, 0.3) is 0 Å². The van der Waals surface area contributed by atoms with Crippen LogP contribution in [0, 0.1) is 11.8 Å². The SMILES string of the molecule is CCC1CCC(C(O)C2CCc3ccccc32)CC1. The summed E-state index contributed by atoms with van der Waals surface area (Å²) >= 11 is 0. The van der Waals surface area contributed by atoms with Crippen molar-refractivity contribution in [3.63, 3.8) is 0 Å². The first-order valence-corrected chi connectivity index (χ1v) is 8.05. The van der Waals surface area contributed by atoms with Crippen molar-refractivity contribution in [2.45, 2.75) is 63.9 Å². The largest absolute Gasteiger partial charge is 0.392 e. The zero-order valence-electron chi connectivity index (χ0n) is 12.0. The summed E-state index contributed by atoms with van der Waals surface area (Å²) in [4.78, 5) is 0. The average molecular weight is 258 g/mol. The third-order valence-electron chi connectivity index (χ3n) is 5.54. The first kappa shape index (κ1) is 13.2. The first-order chi connectivity index (χ1) is 9.29. The van der Waals surface area contributed by atoms with Gasteiger partial charge in [0.05, 0.1) is 6.10 Å². The molecule has 1 nitrogen and oxygen atoms in total. The third-order valence-corrected chi connectivity index (χ3v) is 5.54. The molecule has 1 saturated carbocycles. The van der Waals surface area contributed by atoms with Crippen LogP contribution < -0.4 is 0 Å². The minimum atomic E-state index is -0.110. The van der Waals surface area contributed by atoms with Gasteiger partial charge in [-0.1, -0.05) is 50.5 Å². The van der Waals surface area contributed by atoms with Crippen LogP contribution in [0.1, 0.15) is 62.5 Å². The van der Waals surface area contributed by atoms with Crippen molar-refractivity contribution < 1.29 is 5.11 Å². The maximum atomic E-state index is 10.8. The van der Waals surface area contributed by atoms with Crippen molar-refractivity contribution in [2.75, 3.05) is 0 Å².